The maximum absolute atomic E-state index is 8.72. The van der Waals surface area contributed by atoms with Gasteiger partial charge in [-0.25, -0.2) is 0 Å². The summed E-state index contributed by atoms with van der Waals surface area (Å²) >= 11 is 0. The van der Waals surface area contributed by atoms with Gasteiger partial charge >= 0.3 is 0 Å². The predicted octanol–water partition coefficient (Wildman–Crippen LogP) is 3.83. The Morgan fingerprint density at radius 1 is 0.944 bits per heavy atom. The number of H-pyrrole nitrogens is 1. The molecule has 1 heterocycles. The molecule has 0 aliphatic heterocycles. The van der Waals surface area contributed by atoms with E-state index in [1.54, 1.807) is 24.3 Å². The highest BCUT2D eigenvalue weighted by molar-refractivity contribution is 5.80. The van der Waals surface area contributed by atoms with E-state index in [-0.39, 0.29) is 0 Å². The first-order valence-electron chi connectivity index (χ1n) is 5.60. The summed E-state index contributed by atoms with van der Waals surface area (Å²) in [7, 11) is 0. The standard InChI is InChI=1S/C15H10N2O/c16-10-11-1-4-13(5-2-11)18-14-6-3-12-7-8-17-15(12)9-14/h1-9,17H. The Morgan fingerprint density at radius 2 is 1.72 bits per heavy atom. The molecule has 0 spiro atoms. The highest BCUT2D eigenvalue weighted by atomic mass is 16.5. The number of aromatic amines is 1. The van der Waals surface area contributed by atoms with Crippen LogP contribution in [0.3, 0.4) is 0 Å². The van der Waals surface area contributed by atoms with Crippen LogP contribution in [0.25, 0.3) is 10.9 Å². The van der Waals surface area contributed by atoms with Crippen LogP contribution in [0.4, 0.5) is 0 Å². The van der Waals surface area contributed by atoms with Gasteiger partial charge in [0.15, 0.2) is 0 Å². The number of hydrogen-bond donors (Lipinski definition) is 1. The maximum atomic E-state index is 8.72. The van der Waals surface area contributed by atoms with Crippen LogP contribution in [0.15, 0.2) is 54.7 Å². The minimum atomic E-state index is 0.627. The molecule has 0 fully saturated rings. The quantitative estimate of drug-likeness (QED) is 0.732. The molecule has 86 valence electrons. The number of nitriles is 1. The summed E-state index contributed by atoms with van der Waals surface area (Å²) in [6.07, 6.45) is 1.90. The van der Waals surface area contributed by atoms with Gasteiger partial charge in [0.1, 0.15) is 11.5 Å². The first-order chi connectivity index (χ1) is 8.85. The molecular formula is C15H10N2O. The van der Waals surface area contributed by atoms with Crippen molar-refractivity contribution in [2.75, 3.05) is 0 Å². The van der Waals surface area contributed by atoms with Gasteiger partial charge in [0, 0.05) is 17.8 Å². The number of nitrogens with zero attached hydrogens (tertiary/aromatic N) is 1. The molecule has 0 saturated carbocycles. The Hall–Kier alpha value is -2.73. The second-order valence-electron chi connectivity index (χ2n) is 3.96. The van der Waals surface area contributed by atoms with Crippen LogP contribution >= 0.6 is 0 Å². The van der Waals surface area contributed by atoms with E-state index < -0.39 is 0 Å². The number of aromatic nitrogens is 1. The van der Waals surface area contributed by atoms with Crippen molar-refractivity contribution in [3.63, 3.8) is 0 Å². The molecule has 0 bridgehead atoms. The lowest BCUT2D eigenvalue weighted by Crippen LogP contribution is -1.84. The van der Waals surface area contributed by atoms with E-state index in [0.29, 0.717) is 5.56 Å². The fraction of sp³-hybridized carbons (Fsp3) is 0. The fourth-order valence-corrected chi connectivity index (χ4v) is 1.82. The van der Waals surface area contributed by atoms with Crippen molar-refractivity contribution in [2.45, 2.75) is 0 Å². The third kappa shape index (κ3) is 1.92. The highest BCUT2D eigenvalue weighted by Crippen LogP contribution is 2.25. The molecule has 0 aliphatic rings. The Morgan fingerprint density at radius 3 is 2.50 bits per heavy atom. The van der Waals surface area contributed by atoms with Gasteiger partial charge in [-0.1, -0.05) is 0 Å². The van der Waals surface area contributed by atoms with E-state index in [1.165, 1.54) is 0 Å². The van der Waals surface area contributed by atoms with Gasteiger partial charge in [0.2, 0.25) is 0 Å². The summed E-state index contributed by atoms with van der Waals surface area (Å²) < 4.78 is 5.73. The number of rotatable bonds is 2. The van der Waals surface area contributed by atoms with Gasteiger partial charge in [-0.2, -0.15) is 5.26 Å². The third-order valence-corrected chi connectivity index (χ3v) is 2.75. The molecule has 0 atom stereocenters. The summed E-state index contributed by atoms with van der Waals surface area (Å²) in [6.45, 7) is 0. The van der Waals surface area contributed by atoms with Gasteiger partial charge in [-0.3, -0.25) is 0 Å². The average molecular weight is 234 g/mol. The van der Waals surface area contributed by atoms with Crippen LogP contribution in [0.1, 0.15) is 5.56 Å². The molecule has 3 heteroatoms. The monoisotopic (exact) mass is 234 g/mol. The van der Waals surface area contributed by atoms with E-state index in [9.17, 15) is 0 Å². The Labute approximate surface area is 104 Å². The molecule has 3 aromatic rings. The van der Waals surface area contributed by atoms with Crippen molar-refractivity contribution in [2.24, 2.45) is 0 Å². The molecule has 0 saturated heterocycles. The predicted molar refractivity (Wildman–Crippen MR) is 69.5 cm³/mol. The van der Waals surface area contributed by atoms with Gasteiger partial charge in [-0.15, -0.1) is 0 Å². The van der Waals surface area contributed by atoms with Crippen molar-refractivity contribution in [1.29, 1.82) is 5.26 Å². The van der Waals surface area contributed by atoms with E-state index in [4.69, 9.17) is 10.00 Å². The lowest BCUT2D eigenvalue weighted by Gasteiger charge is -2.05. The number of fused-ring (bicyclic) bond motifs is 1. The largest absolute Gasteiger partial charge is 0.457 e. The average Bonchev–Trinajstić information content (AvgIpc) is 2.87. The number of nitrogens with one attached hydrogen (secondary N) is 1. The first kappa shape index (κ1) is 10.4. The Bertz CT molecular complexity index is 720. The summed E-state index contributed by atoms with van der Waals surface area (Å²) in [5.74, 6) is 1.49. The van der Waals surface area contributed by atoms with Crippen LogP contribution in [0.5, 0.6) is 11.5 Å². The van der Waals surface area contributed by atoms with Gasteiger partial charge in [-0.05, 0) is 47.9 Å². The van der Waals surface area contributed by atoms with Gasteiger partial charge < -0.3 is 9.72 Å². The number of hydrogen-bond acceptors (Lipinski definition) is 2. The Kier molecular flexibility index (Phi) is 2.47. The van der Waals surface area contributed by atoms with E-state index in [1.807, 2.05) is 30.5 Å². The van der Waals surface area contributed by atoms with E-state index in [0.717, 1.165) is 22.4 Å². The molecule has 0 radical (unpaired) electrons. The van der Waals surface area contributed by atoms with E-state index >= 15 is 0 Å². The second-order valence-corrected chi connectivity index (χ2v) is 3.96. The van der Waals surface area contributed by atoms with Crippen LogP contribution in [-0.4, -0.2) is 4.98 Å². The first-order valence-corrected chi connectivity index (χ1v) is 5.60. The maximum Gasteiger partial charge on any atom is 0.129 e. The Balaban J connectivity index is 1.88. The SMILES string of the molecule is N#Cc1ccc(Oc2ccc3cc[nH]c3c2)cc1. The number of benzene rings is 2. The van der Waals surface area contributed by atoms with Gasteiger partial charge in [0.25, 0.3) is 0 Å². The van der Waals surface area contributed by atoms with Crippen LogP contribution < -0.4 is 4.74 Å². The molecule has 0 aliphatic carbocycles. The molecule has 0 amide bonds. The van der Waals surface area contributed by atoms with Crippen LogP contribution in [-0.2, 0) is 0 Å². The molecular weight excluding hydrogens is 224 g/mol. The summed E-state index contributed by atoms with van der Waals surface area (Å²) in [6, 6.07) is 17.0. The minimum absolute atomic E-state index is 0.627. The second kappa shape index (κ2) is 4.27. The summed E-state index contributed by atoms with van der Waals surface area (Å²) in [4.78, 5) is 3.14. The zero-order valence-electron chi connectivity index (χ0n) is 9.55. The normalized spacial score (nSPS) is 10.2. The molecule has 3 nitrogen and oxygen atoms in total. The van der Waals surface area contributed by atoms with Crippen LogP contribution in [0, 0.1) is 11.3 Å². The molecule has 1 N–H and O–H groups in total. The van der Waals surface area contributed by atoms with E-state index in [2.05, 4.69) is 11.1 Å². The fourth-order valence-electron chi connectivity index (χ4n) is 1.82. The molecule has 18 heavy (non-hydrogen) atoms. The van der Waals surface area contributed by atoms with Crippen molar-refractivity contribution >= 4 is 10.9 Å². The van der Waals surface area contributed by atoms with Crippen molar-refractivity contribution in [3.05, 3.63) is 60.3 Å². The highest BCUT2D eigenvalue weighted by Gasteiger charge is 2.00. The third-order valence-electron chi connectivity index (χ3n) is 2.75. The lowest BCUT2D eigenvalue weighted by atomic mass is 10.2. The number of ether oxygens (including phenoxy) is 1. The minimum Gasteiger partial charge on any atom is -0.457 e. The summed E-state index contributed by atoms with van der Waals surface area (Å²) in [5, 5.41) is 9.87. The molecule has 2 aromatic carbocycles. The lowest BCUT2D eigenvalue weighted by molar-refractivity contribution is 0.483. The van der Waals surface area contributed by atoms with Crippen LogP contribution in [0.2, 0.25) is 0 Å². The molecule has 1 aromatic heterocycles. The van der Waals surface area contributed by atoms with Crippen molar-refractivity contribution < 1.29 is 4.74 Å². The topological polar surface area (TPSA) is 48.8 Å². The summed E-state index contributed by atoms with van der Waals surface area (Å²) in [5.41, 5.74) is 1.67. The molecule has 3 rings (SSSR count). The zero-order chi connectivity index (χ0) is 12.4. The smallest absolute Gasteiger partial charge is 0.129 e. The van der Waals surface area contributed by atoms with Gasteiger partial charge in [0.05, 0.1) is 11.6 Å². The van der Waals surface area contributed by atoms with Crippen molar-refractivity contribution in [3.8, 4) is 17.6 Å². The molecule has 0 unspecified atom stereocenters. The zero-order valence-corrected chi connectivity index (χ0v) is 9.55. The van der Waals surface area contributed by atoms with Crippen molar-refractivity contribution in [1.82, 2.24) is 4.98 Å².